The second-order valence-electron chi connectivity index (χ2n) is 7.97. The van der Waals surface area contributed by atoms with Crippen LogP contribution in [0.25, 0.3) is 0 Å². The quantitative estimate of drug-likeness (QED) is 0.692. The first-order chi connectivity index (χ1) is 14.2. The number of aromatic nitrogens is 2. The van der Waals surface area contributed by atoms with Crippen molar-refractivity contribution in [2.45, 2.75) is 32.9 Å². The van der Waals surface area contributed by atoms with Gasteiger partial charge in [-0.2, -0.15) is 0 Å². The van der Waals surface area contributed by atoms with E-state index in [2.05, 4.69) is 46.4 Å². The van der Waals surface area contributed by atoms with Crippen LogP contribution in [0, 0.1) is 5.92 Å². The van der Waals surface area contributed by atoms with E-state index in [9.17, 15) is 4.79 Å². The summed E-state index contributed by atoms with van der Waals surface area (Å²) in [6, 6.07) is 16.3. The summed E-state index contributed by atoms with van der Waals surface area (Å²) in [5, 5.41) is 3.02. The highest BCUT2D eigenvalue weighted by molar-refractivity contribution is 5.94. The third kappa shape index (κ3) is 5.05. The maximum absolute atomic E-state index is 12.5. The molecule has 0 bridgehead atoms. The van der Waals surface area contributed by atoms with E-state index in [0.717, 1.165) is 36.7 Å². The SMILES string of the molecule is C[C@H]1CCCN(c2ccc(CNC(=O)c3ccc(Cn4ccnc4)cc3)cc2)C1. The molecule has 3 aromatic rings. The van der Waals surface area contributed by atoms with E-state index < -0.39 is 0 Å². The number of amides is 1. The van der Waals surface area contributed by atoms with Gasteiger partial charge in [-0.3, -0.25) is 4.79 Å². The molecule has 150 valence electrons. The second kappa shape index (κ2) is 8.95. The van der Waals surface area contributed by atoms with Crippen molar-refractivity contribution < 1.29 is 4.79 Å². The van der Waals surface area contributed by atoms with Gasteiger partial charge in [-0.1, -0.05) is 31.2 Å². The standard InChI is InChI=1S/C24H28N4O/c1-19-3-2-13-28(16-19)23-10-6-20(7-11-23)15-26-24(29)22-8-4-21(5-9-22)17-27-14-12-25-18-27/h4-12,14,18-19H,2-3,13,15-17H2,1H3,(H,26,29)/t19-/m0/s1. The first-order valence-corrected chi connectivity index (χ1v) is 10.3. The fourth-order valence-corrected chi connectivity index (χ4v) is 3.89. The van der Waals surface area contributed by atoms with Gasteiger partial charge >= 0.3 is 0 Å². The average Bonchev–Trinajstić information content (AvgIpc) is 3.26. The van der Waals surface area contributed by atoms with E-state index in [0.29, 0.717) is 12.1 Å². The van der Waals surface area contributed by atoms with Crippen LogP contribution in [0.2, 0.25) is 0 Å². The third-order valence-corrected chi connectivity index (χ3v) is 5.55. The van der Waals surface area contributed by atoms with E-state index in [4.69, 9.17) is 0 Å². The Morgan fingerprint density at radius 3 is 2.55 bits per heavy atom. The highest BCUT2D eigenvalue weighted by Crippen LogP contribution is 2.23. The molecular weight excluding hydrogens is 360 g/mol. The Bertz CT molecular complexity index is 917. The fraction of sp³-hybridized carbons (Fsp3) is 0.333. The highest BCUT2D eigenvalue weighted by atomic mass is 16.1. The van der Waals surface area contributed by atoms with Crippen molar-refractivity contribution in [2.75, 3.05) is 18.0 Å². The summed E-state index contributed by atoms with van der Waals surface area (Å²) >= 11 is 0. The van der Waals surface area contributed by atoms with Gasteiger partial charge in [-0.25, -0.2) is 4.98 Å². The van der Waals surface area contributed by atoms with Crippen molar-refractivity contribution in [2.24, 2.45) is 5.92 Å². The summed E-state index contributed by atoms with van der Waals surface area (Å²) < 4.78 is 2.00. The van der Waals surface area contributed by atoms with Gasteiger partial charge in [0.1, 0.15) is 0 Å². The number of hydrogen-bond donors (Lipinski definition) is 1. The van der Waals surface area contributed by atoms with Crippen molar-refractivity contribution >= 4 is 11.6 Å². The smallest absolute Gasteiger partial charge is 0.251 e. The van der Waals surface area contributed by atoms with Gasteiger partial charge in [0.2, 0.25) is 0 Å². The number of anilines is 1. The lowest BCUT2D eigenvalue weighted by Crippen LogP contribution is -2.34. The van der Waals surface area contributed by atoms with Gasteiger partial charge in [0, 0.05) is 49.8 Å². The molecule has 1 atom stereocenters. The molecule has 2 heterocycles. The molecule has 1 N–H and O–H groups in total. The summed E-state index contributed by atoms with van der Waals surface area (Å²) in [4.78, 5) is 19.0. The van der Waals surface area contributed by atoms with E-state index in [1.165, 1.54) is 18.5 Å². The number of hydrogen-bond acceptors (Lipinski definition) is 3. The van der Waals surface area contributed by atoms with E-state index in [-0.39, 0.29) is 5.91 Å². The Labute approximate surface area is 172 Å². The van der Waals surface area contributed by atoms with Crippen LogP contribution in [0.4, 0.5) is 5.69 Å². The maximum Gasteiger partial charge on any atom is 0.251 e. The Hall–Kier alpha value is -3.08. The van der Waals surface area contributed by atoms with Crippen molar-refractivity contribution in [3.63, 3.8) is 0 Å². The Morgan fingerprint density at radius 1 is 1.10 bits per heavy atom. The monoisotopic (exact) mass is 388 g/mol. The molecule has 0 saturated carbocycles. The predicted octanol–water partition coefficient (Wildman–Crippen LogP) is 4.10. The van der Waals surface area contributed by atoms with Gasteiger partial charge in [-0.05, 0) is 54.2 Å². The Balaban J connectivity index is 1.30. The highest BCUT2D eigenvalue weighted by Gasteiger charge is 2.16. The lowest BCUT2D eigenvalue weighted by molar-refractivity contribution is 0.0951. The molecule has 4 rings (SSSR count). The number of nitrogens with zero attached hydrogens (tertiary/aromatic N) is 3. The molecule has 5 nitrogen and oxygen atoms in total. The van der Waals surface area contributed by atoms with Gasteiger partial charge in [0.05, 0.1) is 6.33 Å². The summed E-state index contributed by atoms with van der Waals surface area (Å²) in [7, 11) is 0. The molecule has 29 heavy (non-hydrogen) atoms. The van der Waals surface area contributed by atoms with E-state index >= 15 is 0 Å². The topological polar surface area (TPSA) is 50.2 Å². The lowest BCUT2D eigenvalue weighted by Gasteiger charge is -2.32. The minimum absolute atomic E-state index is 0.0480. The number of imidazole rings is 1. The molecule has 1 aliphatic heterocycles. The molecule has 0 spiro atoms. The van der Waals surface area contributed by atoms with Crippen molar-refractivity contribution in [1.82, 2.24) is 14.9 Å². The fourth-order valence-electron chi connectivity index (χ4n) is 3.89. The second-order valence-corrected chi connectivity index (χ2v) is 7.97. The number of rotatable bonds is 6. The van der Waals surface area contributed by atoms with Crippen LogP contribution >= 0.6 is 0 Å². The summed E-state index contributed by atoms with van der Waals surface area (Å²) in [6.07, 6.45) is 8.07. The average molecular weight is 389 g/mol. The zero-order chi connectivity index (χ0) is 20.1. The van der Waals surface area contributed by atoms with Crippen molar-refractivity contribution in [3.8, 4) is 0 Å². The lowest BCUT2D eigenvalue weighted by atomic mass is 9.99. The third-order valence-electron chi connectivity index (χ3n) is 5.55. The minimum atomic E-state index is -0.0480. The molecule has 0 unspecified atom stereocenters. The van der Waals surface area contributed by atoms with Crippen LogP contribution < -0.4 is 10.2 Å². The van der Waals surface area contributed by atoms with Gasteiger partial charge in [0.15, 0.2) is 0 Å². The normalized spacial score (nSPS) is 16.6. The molecule has 1 saturated heterocycles. The zero-order valence-electron chi connectivity index (χ0n) is 16.9. The number of carbonyl (C=O) groups is 1. The predicted molar refractivity (Wildman–Crippen MR) is 116 cm³/mol. The molecule has 0 radical (unpaired) electrons. The van der Waals surface area contributed by atoms with Crippen molar-refractivity contribution in [3.05, 3.63) is 83.9 Å². The molecule has 5 heteroatoms. The molecule has 1 aliphatic rings. The number of nitrogens with one attached hydrogen (secondary N) is 1. The van der Waals surface area contributed by atoms with Gasteiger partial charge in [-0.15, -0.1) is 0 Å². The molecule has 1 fully saturated rings. The molecule has 0 aliphatic carbocycles. The minimum Gasteiger partial charge on any atom is -0.371 e. The number of benzene rings is 2. The van der Waals surface area contributed by atoms with Crippen LogP contribution in [0.3, 0.4) is 0 Å². The Kier molecular flexibility index (Phi) is 5.94. The first-order valence-electron chi connectivity index (χ1n) is 10.3. The van der Waals surface area contributed by atoms with Gasteiger partial charge < -0.3 is 14.8 Å². The number of carbonyl (C=O) groups excluding carboxylic acids is 1. The zero-order valence-corrected chi connectivity index (χ0v) is 16.9. The summed E-state index contributed by atoms with van der Waals surface area (Å²) in [5.74, 6) is 0.710. The van der Waals surface area contributed by atoms with Crippen LogP contribution in [-0.4, -0.2) is 28.5 Å². The molecule has 1 aromatic heterocycles. The van der Waals surface area contributed by atoms with E-state index in [1.807, 2.05) is 35.0 Å². The van der Waals surface area contributed by atoms with Crippen LogP contribution in [0.5, 0.6) is 0 Å². The number of piperidine rings is 1. The summed E-state index contributed by atoms with van der Waals surface area (Å²) in [6.45, 7) is 5.88. The largest absolute Gasteiger partial charge is 0.371 e. The Morgan fingerprint density at radius 2 is 1.86 bits per heavy atom. The van der Waals surface area contributed by atoms with Crippen LogP contribution in [0.1, 0.15) is 41.3 Å². The van der Waals surface area contributed by atoms with Gasteiger partial charge in [0.25, 0.3) is 5.91 Å². The molecule has 2 aromatic carbocycles. The van der Waals surface area contributed by atoms with E-state index in [1.54, 1.807) is 12.5 Å². The molecular formula is C24H28N4O. The van der Waals surface area contributed by atoms with Crippen LogP contribution in [-0.2, 0) is 13.1 Å². The molecule has 1 amide bonds. The van der Waals surface area contributed by atoms with Crippen LogP contribution in [0.15, 0.2) is 67.3 Å². The van der Waals surface area contributed by atoms with Crippen molar-refractivity contribution in [1.29, 1.82) is 0 Å². The maximum atomic E-state index is 12.5. The first kappa shape index (κ1) is 19.2. The summed E-state index contributed by atoms with van der Waals surface area (Å²) in [5.41, 5.74) is 4.21.